The van der Waals surface area contributed by atoms with E-state index in [1.54, 1.807) is 37.4 Å². The van der Waals surface area contributed by atoms with Crippen molar-refractivity contribution in [2.45, 2.75) is 20.0 Å². The zero-order valence-corrected chi connectivity index (χ0v) is 14.1. The molecule has 128 valence electrons. The van der Waals surface area contributed by atoms with Crippen molar-refractivity contribution < 1.29 is 19.1 Å². The first kappa shape index (κ1) is 16.8. The van der Waals surface area contributed by atoms with Crippen molar-refractivity contribution >= 4 is 22.7 Å². The van der Waals surface area contributed by atoms with E-state index in [2.05, 4.69) is 4.98 Å². The number of carbonyl (C=O) groups is 2. The van der Waals surface area contributed by atoms with Crippen LogP contribution in [0.1, 0.15) is 34.6 Å². The summed E-state index contributed by atoms with van der Waals surface area (Å²) in [6.45, 7) is 4.02. The van der Waals surface area contributed by atoms with Crippen molar-refractivity contribution in [2.24, 2.45) is 0 Å². The van der Waals surface area contributed by atoms with E-state index in [1.165, 1.54) is 0 Å². The van der Waals surface area contributed by atoms with Gasteiger partial charge in [-0.25, -0.2) is 4.79 Å². The Morgan fingerprint density at radius 1 is 1.08 bits per heavy atom. The molecule has 0 aliphatic carbocycles. The standard InChI is InChI=1S/C20H19NO4/c1-3-24-15-10-8-14(9-11-15)20(23)25-13(2)19(22)17-12-21-18-7-5-4-6-16(17)18/h4-13,21H,3H2,1-2H3/t13-/m0/s1. The zero-order valence-electron chi connectivity index (χ0n) is 14.1. The summed E-state index contributed by atoms with van der Waals surface area (Å²) in [5, 5.41) is 0.816. The molecule has 0 aliphatic rings. The molecule has 5 heteroatoms. The van der Waals surface area contributed by atoms with Gasteiger partial charge >= 0.3 is 5.97 Å². The Labute approximate surface area is 145 Å². The van der Waals surface area contributed by atoms with Crippen LogP contribution in [-0.4, -0.2) is 29.4 Å². The van der Waals surface area contributed by atoms with Crippen molar-refractivity contribution in [3.8, 4) is 5.75 Å². The lowest BCUT2D eigenvalue weighted by Gasteiger charge is -2.12. The van der Waals surface area contributed by atoms with Gasteiger partial charge in [-0.15, -0.1) is 0 Å². The number of nitrogens with one attached hydrogen (secondary N) is 1. The van der Waals surface area contributed by atoms with Crippen LogP contribution in [0.4, 0.5) is 0 Å². The number of benzene rings is 2. The van der Waals surface area contributed by atoms with Crippen LogP contribution in [0.2, 0.25) is 0 Å². The summed E-state index contributed by atoms with van der Waals surface area (Å²) in [5.41, 5.74) is 1.76. The van der Waals surface area contributed by atoms with Crippen LogP contribution in [0, 0.1) is 0 Å². The molecule has 1 atom stereocenters. The molecular formula is C20H19NO4. The van der Waals surface area contributed by atoms with E-state index in [4.69, 9.17) is 9.47 Å². The average molecular weight is 337 g/mol. The van der Waals surface area contributed by atoms with Gasteiger partial charge in [0.25, 0.3) is 0 Å². The Morgan fingerprint density at radius 2 is 1.80 bits per heavy atom. The number of esters is 1. The van der Waals surface area contributed by atoms with Gasteiger partial charge in [0.1, 0.15) is 5.75 Å². The van der Waals surface area contributed by atoms with Gasteiger partial charge in [-0.2, -0.15) is 0 Å². The predicted octanol–water partition coefficient (Wildman–Crippen LogP) is 3.99. The molecule has 0 saturated carbocycles. The fraction of sp³-hybridized carbons (Fsp3) is 0.200. The van der Waals surface area contributed by atoms with Crippen molar-refractivity contribution in [1.29, 1.82) is 0 Å². The van der Waals surface area contributed by atoms with Gasteiger partial charge < -0.3 is 14.5 Å². The summed E-state index contributed by atoms with van der Waals surface area (Å²) < 4.78 is 10.7. The third kappa shape index (κ3) is 3.55. The van der Waals surface area contributed by atoms with Gasteiger partial charge in [0.05, 0.1) is 12.2 Å². The molecule has 0 spiro atoms. The summed E-state index contributed by atoms with van der Waals surface area (Å²) in [4.78, 5) is 27.9. The number of aromatic amines is 1. The first-order valence-electron chi connectivity index (χ1n) is 8.14. The van der Waals surface area contributed by atoms with Gasteiger partial charge in [-0.05, 0) is 44.2 Å². The number of para-hydroxylation sites is 1. The van der Waals surface area contributed by atoms with Crippen LogP contribution in [0.3, 0.4) is 0 Å². The summed E-state index contributed by atoms with van der Waals surface area (Å²) >= 11 is 0. The maximum atomic E-state index is 12.6. The van der Waals surface area contributed by atoms with Gasteiger partial charge in [0.2, 0.25) is 5.78 Å². The first-order valence-corrected chi connectivity index (χ1v) is 8.14. The Morgan fingerprint density at radius 3 is 2.52 bits per heavy atom. The molecule has 3 rings (SSSR count). The normalized spacial score (nSPS) is 11.9. The molecule has 25 heavy (non-hydrogen) atoms. The molecule has 0 amide bonds. The monoisotopic (exact) mass is 337 g/mol. The number of carbonyl (C=O) groups excluding carboxylic acids is 2. The maximum Gasteiger partial charge on any atom is 0.338 e. The number of aromatic nitrogens is 1. The number of ketones is 1. The minimum absolute atomic E-state index is 0.239. The lowest BCUT2D eigenvalue weighted by molar-refractivity contribution is 0.0319. The largest absolute Gasteiger partial charge is 0.494 e. The minimum Gasteiger partial charge on any atom is -0.494 e. The highest BCUT2D eigenvalue weighted by Gasteiger charge is 2.22. The highest BCUT2D eigenvalue weighted by molar-refractivity contribution is 6.10. The lowest BCUT2D eigenvalue weighted by atomic mass is 10.1. The molecule has 0 unspecified atom stereocenters. The van der Waals surface area contributed by atoms with Crippen molar-refractivity contribution in [1.82, 2.24) is 4.98 Å². The Balaban J connectivity index is 1.71. The summed E-state index contributed by atoms with van der Waals surface area (Å²) in [6, 6.07) is 14.2. The second-order valence-electron chi connectivity index (χ2n) is 5.62. The molecular weight excluding hydrogens is 318 g/mol. The number of H-pyrrole nitrogens is 1. The van der Waals surface area contributed by atoms with Gasteiger partial charge in [0.15, 0.2) is 6.10 Å². The van der Waals surface area contributed by atoms with E-state index in [0.29, 0.717) is 23.5 Å². The lowest BCUT2D eigenvalue weighted by Crippen LogP contribution is -2.24. The Kier molecular flexibility index (Phi) is 4.84. The first-order chi connectivity index (χ1) is 12.1. The van der Waals surface area contributed by atoms with Crippen LogP contribution in [-0.2, 0) is 4.74 Å². The fourth-order valence-electron chi connectivity index (χ4n) is 2.63. The SMILES string of the molecule is CCOc1ccc(C(=O)O[C@@H](C)C(=O)c2c[nH]c3ccccc23)cc1. The predicted molar refractivity (Wildman–Crippen MR) is 95.1 cm³/mol. The van der Waals surface area contributed by atoms with E-state index in [1.807, 2.05) is 31.2 Å². The molecule has 1 heterocycles. The summed E-state index contributed by atoms with van der Waals surface area (Å²) in [5.74, 6) is -0.0950. The van der Waals surface area contributed by atoms with Gasteiger partial charge in [-0.3, -0.25) is 4.79 Å². The van der Waals surface area contributed by atoms with Crippen LogP contribution in [0.15, 0.2) is 54.7 Å². The van der Waals surface area contributed by atoms with Crippen LogP contribution in [0.25, 0.3) is 10.9 Å². The van der Waals surface area contributed by atoms with Gasteiger partial charge in [0, 0.05) is 22.7 Å². The number of fused-ring (bicyclic) bond motifs is 1. The smallest absolute Gasteiger partial charge is 0.338 e. The number of Topliss-reactive ketones (excluding diaryl/α,β-unsaturated/α-hetero) is 1. The third-order valence-electron chi connectivity index (χ3n) is 3.91. The zero-order chi connectivity index (χ0) is 17.8. The highest BCUT2D eigenvalue weighted by atomic mass is 16.5. The van der Waals surface area contributed by atoms with E-state index in [-0.39, 0.29) is 5.78 Å². The Hall–Kier alpha value is -3.08. The topological polar surface area (TPSA) is 68.4 Å². The molecule has 3 aromatic rings. The molecule has 0 bridgehead atoms. The van der Waals surface area contributed by atoms with Crippen molar-refractivity contribution in [3.63, 3.8) is 0 Å². The second kappa shape index (κ2) is 7.21. The molecule has 0 saturated heterocycles. The molecule has 0 radical (unpaired) electrons. The van der Waals surface area contributed by atoms with E-state index in [9.17, 15) is 9.59 Å². The van der Waals surface area contributed by atoms with Crippen molar-refractivity contribution in [3.05, 3.63) is 65.9 Å². The molecule has 1 N–H and O–H groups in total. The Bertz CT molecular complexity index is 895. The molecule has 5 nitrogen and oxygen atoms in total. The van der Waals surface area contributed by atoms with Crippen molar-refractivity contribution in [2.75, 3.05) is 6.61 Å². The molecule has 0 aliphatic heterocycles. The van der Waals surface area contributed by atoms with Crippen LogP contribution < -0.4 is 4.74 Å². The number of ether oxygens (including phenoxy) is 2. The third-order valence-corrected chi connectivity index (χ3v) is 3.91. The van der Waals surface area contributed by atoms with Crippen LogP contribution >= 0.6 is 0 Å². The fourth-order valence-corrected chi connectivity index (χ4v) is 2.63. The van der Waals surface area contributed by atoms with E-state index >= 15 is 0 Å². The average Bonchev–Trinajstić information content (AvgIpc) is 3.06. The number of hydrogen-bond acceptors (Lipinski definition) is 4. The number of hydrogen-bond donors (Lipinski definition) is 1. The summed E-state index contributed by atoms with van der Waals surface area (Å²) in [6.07, 6.45) is 0.770. The maximum absolute atomic E-state index is 12.6. The number of rotatable bonds is 6. The summed E-state index contributed by atoms with van der Waals surface area (Å²) in [7, 11) is 0. The van der Waals surface area contributed by atoms with E-state index < -0.39 is 12.1 Å². The highest BCUT2D eigenvalue weighted by Crippen LogP contribution is 2.20. The van der Waals surface area contributed by atoms with Gasteiger partial charge in [-0.1, -0.05) is 18.2 Å². The molecule has 0 fully saturated rings. The quantitative estimate of drug-likeness (QED) is 0.545. The molecule has 1 aromatic heterocycles. The minimum atomic E-state index is -0.877. The van der Waals surface area contributed by atoms with Crippen LogP contribution in [0.5, 0.6) is 5.75 Å². The molecule has 2 aromatic carbocycles. The second-order valence-corrected chi connectivity index (χ2v) is 5.62. The van der Waals surface area contributed by atoms with E-state index in [0.717, 1.165) is 10.9 Å².